The Hall–Kier alpha value is -2.95. The molecule has 1 unspecified atom stereocenters. The van der Waals surface area contributed by atoms with E-state index < -0.39 is 23.5 Å². The molecule has 0 bridgehead atoms. The van der Waals surface area contributed by atoms with Crippen molar-refractivity contribution in [3.63, 3.8) is 0 Å². The number of likely N-dealkylation sites (N-methyl/N-ethyl adjacent to an activating group) is 1. The lowest BCUT2D eigenvalue weighted by Gasteiger charge is -2.21. The SMILES string of the molecule is Cc1ccc(/C(O)=C2/C(=O)C(=O)N(C)C2c2ccccc2F)cc1. The Morgan fingerprint density at radius 2 is 1.71 bits per heavy atom. The van der Waals surface area contributed by atoms with Gasteiger partial charge in [0.25, 0.3) is 11.7 Å². The summed E-state index contributed by atoms with van der Waals surface area (Å²) in [5.74, 6) is -2.42. The van der Waals surface area contributed by atoms with Gasteiger partial charge in [-0.1, -0.05) is 48.0 Å². The number of rotatable bonds is 2. The maximum absolute atomic E-state index is 14.2. The normalized spacial score (nSPS) is 19.8. The largest absolute Gasteiger partial charge is 0.507 e. The van der Waals surface area contributed by atoms with Gasteiger partial charge in [0.2, 0.25) is 0 Å². The van der Waals surface area contributed by atoms with Crippen LogP contribution in [0.1, 0.15) is 22.7 Å². The van der Waals surface area contributed by atoms with Gasteiger partial charge in [-0.05, 0) is 13.0 Å². The number of ketones is 1. The number of aliphatic hydroxyl groups excluding tert-OH is 1. The Bertz CT molecular complexity index is 855. The van der Waals surface area contributed by atoms with Crippen LogP contribution >= 0.6 is 0 Å². The average Bonchev–Trinajstić information content (AvgIpc) is 2.79. The highest BCUT2D eigenvalue weighted by Crippen LogP contribution is 2.39. The van der Waals surface area contributed by atoms with Gasteiger partial charge in [-0.25, -0.2) is 4.39 Å². The van der Waals surface area contributed by atoms with Gasteiger partial charge in [0.05, 0.1) is 11.6 Å². The monoisotopic (exact) mass is 325 g/mol. The predicted octanol–water partition coefficient (Wildman–Crippen LogP) is 3.19. The zero-order valence-electron chi connectivity index (χ0n) is 13.3. The van der Waals surface area contributed by atoms with E-state index in [1.807, 2.05) is 6.92 Å². The number of carbonyl (C=O) groups is 2. The minimum absolute atomic E-state index is 0.101. The number of likely N-dealkylation sites (tertiary alicyclic amines) is 1. The topological polar surface area (TPSA) is 57.6 Å². The Labute approximate surface area is 138 Å². The van der Waals surface area contributed by atoms with E-state index in [1.165, 1.54) is 25.2 Å². The molecule has 1 aliphatic heterocycles. The summed E-state index contributed by atoms with van der Waals surface area (Å²) in [5, 5.41) is 10.6. The van der Waals surface area contributed by atoms with Crippen molar-refractivity contribution >= 4 is 17.4 Å². The van der Waals surface area contributed by atoms with Crippen LogP contribution < -0.4 is 0 Å². The van der Waals surface area contributed by atoms with Crippen LogP contribution in [0.2, 0.25) is 0 Å². The van der Waals surface area contributed by atoms with Gasteiger partial charge in [-0.2, -0.15) is 0 Å². The molecule has 4 nitrogen and oxygen atoms in total. The molecule has 3 rings (SSSR count). The van der Waals surface area contributed by atoms with E-state index in [2.05, 4.69) is 0 Å². The van der Waals surface area contributed by atoms with Crippen molar-refractivity contribution in [2.45, 2.75) is 13.0 Å². The number of hydrogen-bond donors (Lipinski definition) is 1. The molecule has 0 saturated carbocycles. The molecule has 0 radical (unpaired) electrons. The third-order valence-corrected chi connectivity index (χ3v) is 4.20. The smallest absolute Gasteiger partial charge is 0.295 e. The van der Waals surface area contributed by atoms with Gasteiger partial charge in [0.1, 0.15) is 11.6 Å². The molecule has 1 saturated heterocycles. The van der Waals surface area contributed by atoms with E-state index in [9.17, 15) is 19.1 Å². The molecule has 0 aromatic heterocycles. The van der Waals surface area contributed by atoms with Crippen molar-refractivity contribution in [2.24, 2.45) is 0 Å². The van der Waals surface area contributed by atoms with Crippen LogP contribution in [0.5, 0.6) is 0 Å². The van der Waals surface area contributed by atoms with Crippen molar-refractivity contribution in [2.75, 3.05) is 7.05 Å². The zero-order valence-corrected chi connectivity index (χ0v) is 13.3. The highest BCUT2D eigenvalue weighted by molar-refractivity contribution is 6.46. The number of amides is 1. The summed E-state index contributed by atoms with van der Waals surface area (Å²) in [6.45, 7) is 1.90. The summed E-state index contributed by atoms with van der Waals surface area (Å²) in [6.07, 6.45) is 0. The first kappa shape index (κ1) is 15.9. The molecule has 1 heterocycles. The lowest BCUT2D eigenvalue weighted by Crippen LogP contribution is -2.25. The summed E-state index contributed by atoms with van der Waals surface area (Å²) >= 11 is 0. The van der Waals surface area contributed by atoms with Crippen LogP contribution in [-0.4, -0.2) is 28.7 Å². The quantitative estimate of drug-likeness (QED) is 0.524. The molecule has 1 aliphatic rings. The number of benzene rings is 2. The van der Waals surface area contributed by atoms with E-state index in [1.54, 1.807) is 30.3 Å². The number of halogens is 1. The standard InChI is InChI=1S/C19H16FNO3/c1-11-7-9-12(10-8-11)17(22)15-16(21(2)19(24)18(15)23)13-5-3-4-6-14(13)20/h3-10,16,22H,1-2H3/b17-15-. The van der Waals surface area contributed by atoms with E-state index in [-0.39, 0.29) is 16.9 Å². The van der Waals surface area contributed by atoms with Crippen molar-refractivity contribution in [1.82, 2.24) is 4.90 Å². The van der Waals surface area contributed by atoms with Gasteiger partial charge in [-0.3, -0.25) is 9.59 Å². The molecule has 122 valence electrons. The lowest BCUT2D eigenvalue weighted by atomic mass is 9.95. The maximum atomic E-state index is 14.2. The highest BCUT2D eigenvalue weighted by Gasteiger charge is 2.45. The molecule has 0 aliphatic carbocycles. The molecule has 1 N–H and O–H groups in total. The lowest BCUT2D eigenvalue weighted by molar-refractivity contribution is -0.139. The Morgan fingerprint density at radius 3 is 2.33 bits per heavy atom. The predicted molar refractivity (Wildman–Crippen MR) is 87.6 cm³/mol. The Morgan fingerprint density at radius 1 is 1.08 bits per heavy atom. The molecule has 24 heavy (non-hydrogen) atoms. The fraction of sp³-hybridized carbons (Fsp3) is 0.158. The Kier molecular flexibility index (Phi) is 3.93. The van der Waals surface area contributed by atoms with Crippen LogP contribution in [0, 0.1) is 12.7 Å². The average molecular weight is 325 g/mol. The van der Waals surface area contributed by atoms with Crippen LogP contribution in [0.25, 0.3) is 5.76 Å². The van der Waals surface area contributed by atoms with Crippen LogP contribution in [-0.2, 0) is 9.59 Å². The number of carbonyl (C=O) groups excluding carboxylic acids is 2. The third kappa shape index (κ3) is 2.48. The second kappa shape index (κ2) is 5.92. The van der Waals surface area contributed by atoms with Gasteiger partial charge < -0.3 is 10.0 Å². The molecule has 0 spiro atoms. The summed E-state index contributed by atoms with van der Waals surface area (Å²) in [7, 11) is 1.42. The van der Waals surface area contributed by atoms with Crippen molar-refractivity contribution < 1.29 is 19.1 Å². The Balaban J connectivity index is 2.20. The minimum Gasteiger partial charge on any atom is -0.507 e. The van der Waals surface area contributed by atoms with E-state index in [4.69, 9.17) is 0 Å². The summed E-state index contributed by atoms with van der Waals surface area (Å²) in [6, 6.07) is 11.9. The first-order valence-electron chi connectivity index (χ1n) is 7.48. The third-order valence-electron chi connectivity index (χ3n) is 4.20. The van der Waals surface area contributed by atoms with Crippen LogP contribution in [0.4, 0.5) is 4.39 Å². The first-order valence-corrected chi connectivity index (χ1v) is 7.48. The molecular formula is C19H16FNO3. The maximum Gasteiger partial charge on any atom is 0.295 e. The van der Waals surface area contributed by atoms with Crippen LogP contribution in [0.3, 0.4) is 0 Å². The number of aliphatic hydroxyl groups is 1. The number of aryl methyl sites for hydroxylation is 1. The van der Waals surface area contributed by atoms with Gasteiger partial charge in [-0.15, -0.1) is 0 Å². The van der Waals surface area contributed by atoms with Crippen molar-refractivity contribution in [1.29, 1.82) is 0 Å². The zero-order chi connectivity index (χ0) is 17.4. The fourth-order valence-electron chi connectivity index (χ4n) is 2.88. The molecule has 1 amide bonds. The number of nitrogens with zero attached hydrogens (tertiary/aromatic N) is 1. The van der Waals surface area contributed by atoms with E-state index >= 15 is 0 Å². The molecule has 1 atom stereocenters. The van der Waals surface area contributed by atoms with Gasteiger partial charge >= 0.3 is 0 Å². The second-order valence-corrected chi connectivity index (χ2v) is 5.80. The van der Waals surface area contributed by atoms with Crippen LogP contribution in [0.15, 0.2) is 54.1 Å². The second-order valence-electron chi connectivity index (χ2n) is 5.80. The van der Waals surface area contributed by atoms with Gasteiger partial charge in [0, 0.05) is 18.2 Å². The van der Waals surface area contributed by atoms with E-state index in [0.29, 0.717) is 5.56 Å². The molecule has 2 aromatic rings. The van der Waals surface area contributed by atoms with E-state index in [0.717, 1.165) is 10.5 Å². The molecule has 1 fully saturated rings. The fourth-order valence-corrected chi connectivity index (χ4v) is 2.88. The molecule has 5 heteroatoms. The summed E-state index contributed by atoms with van der Waals surface area (Å²) in [4.78, 5) is 25.6. The summed E-state index contributed by atoms with van der Waals surface area (Å²) < 4.78 is 14.2. The number of Topliss-reactive ketones (excluding diaryl/α,β-unsaturated/α-hetero) is 1. The number of hydrogen-bond acceptors (Lipinski definition) is 3. The van der Waals surface area contributed by atoms with Crippen molar-refractivity contribution in [3.8, 4) is 0 Å². The van der Waals surface area contributed by atoms with Gasteiger partial charge in [0.15, 0.2) is 0 Å². The highest BCUT2D eigenvalue weighted by atomic mass is 19.1. The summed E-state index contributed by atoms with van der Waals surface area (Å²) in [5.41, 5.74) is 1.48. The first-order chi connectivity index (χ1) is 11.4. The molecular weight excluding hydrogens is 309 g/mol. The van der Waals surface area contributed by atoms with Crippen molar-refractivity contribution in [3.05, 3.63) is 76.6 Å². The molecule has 2 aromatic carbocycles. The minimum atomic E-state index is -0.951.